The normalized spacial score (nSPS) is 19.7. The highest BCUT2D eigenvalue weighted by molar-refractivity contribution is 5.25. The van der Waals surface area contributed by atoms with Crippen molar-refractivity contribution in [1.82, 2.24) is 10.6 Å². The fourth-order valence-corrected chi connectivity index (χ4v) is 2.52. The highest BCUT2D eigenvalue weighted by Gasteiger charge is 2.12. The zero-order chi connectivity index (χ0) is 11.9. The van der Waals surface area contributed by atoms with Crippen LogP contribution in [0.2, 0.25) is 0 Å². The van der Waals surface area contributed by atoms with Crippen LogP contribution in [0.5, 0.6) is 0 Å². The summed E-state index contributed by atoms with van der Waals surface area (Å²) in [6.45, 7) is 5.65. The van der Waals surface area contributed by atoms with Gasteiger partial charge in [0.2, 0.25) is 0 Å². The van der Waals surface area contributed by atoms with Crippen molar-refractivity contribution >= 4 is 0 Å². The summed E-state index contributed by atoms with van der Waals surface area (Å²) in [7, 11) is 0. The molecule has 0 bridgehead atoms. The van der Waals surface area contributed by atoms with Crippen LogP contribution < -0.4 is 10.6 Å². The first-order chi connectivity index (χ1) is 8.36. The second kappa shape index (κ2) is 6.77. The monoisotopic (exact) mass is 232 g/mol. The van der Waals surface area contributed by atoms with Crippen molar-refractivity contribution in [2.45, 2.75) is 38.6 Å². The molecule has 1 unspecified atom stereocenters. The van der Waals surface area contributed by atoms with Gasteiger partial charge >= 0.3 is 0 Å². The van der Waals surface area contributed by atoms with Gasteiger partial charge in [-0.05, 0) is 63.4 Å². The number of rotatable bonds is 6. The molecular weight excluding hydrogens is 208 g/mol. The molecule has 0 amide bonds. The van der Waals surface area contributed by atoms with E-state index in [9.17, 15) is 0 Å². The van der Waals surface area contributed by atoms with E-state index in [0.29, 0.717) is 0 Å². The molecule has 2 N–H and O–H groups in total. The van der Waals surface area contributed by atoms with Crippen molar-refractivity contribution < 1.29 is 0 Å². The van der Waals surface area contributed by atoms with Crippen molar-refractivity contribution in [2.24, 2.45) is 0 Å². The van der Waals surface area contributed by atoms with Crippen LogP contribution in [0.1, 0.15) is 30.4 Å². The molecule has 0 radical (unpaired) electrons. The molecule has 2 rings (SSSR count). The molecule has 1 aromatic carbocycles. The second-order valence-electron chi connectivity index (χ2n) is 5.01. The fraction of sp³-hybridized carbons (Fsp3) is 0.600. The molecule has 1 aliphatic rings. The molecule has 2 heteroatoms. The van der Waals surface area contributed by atoms with Crippen molar-refractivity contribution in [3.63, 3.8) is 0 Å². The highest BCUT2D eigenvalue weighted by Crippen LogP contribution is 2.08. The quantitative estimate of drug-likeness (QED) is 0.735. The average molecular weight is 232 g/mol. The first kappa shape index (κ1) is 12.6. The molecule has 1 aromatic rings. The van der Waals surface area contributed by atoms with Gasteiger partial charge in [-0.3, -0.25) is 0 Å². The van der Waals surface area contributed by atoms with Crippen LogP contribution in [0.4, 0.5) is 0 Å². The molecule has 1 heterocycles. The Bertz CT molecular complexity index is 329. The van der Waals surface area contributed by atoms with Crippen molar-refractivity contribution in [3.8, 4) is 0 Å². The van der Waals surface area contributed by atoms with Gasteiger partial charge in [0.15, 0.2) is 0 Å². The Hall–Kier alpha value is -0.860. The maximum Gasteiger partial charge on any atom is 0.00796 e. The molecule has 17 heavy (non-hydrogen) atoms. The van der Waals surface area contributed by atoms with Gasteiger partial charge in [-0.2, -0.15) is 0 Å². The Balaban J connectivity index is 1.58. The van der Waals surface area contributed by atoms with Gasteiger partial charge in [-0.1, -0.05) is 24.3 Å². The van der Waals surface area contributed by atoms with E-state index in [1.54, 1.807) is 0 Å². The van der Waals surface area contributed by atoms with E-state index in [4.69, 9.17) is 0 Å². The Morgan fingerprint density at radius 2 is 2.18 bits per heavy atom. The minimum Gasteiger partial charge on any atom is -0.316 e. The summed E-state index contributed by atoms with van der Waals surface area (Å²) in [6.07, 6.45) is 5.13. The van der Waals surface area contributed by atoms with E-state index < -0.39 is 0 Å². The number of hydrogen-bond donors (Lipinski definition) is 2. The number of hydrogen-bond acceptors (Lipinski definition) is 2. The molecule has 2 nitrogen and oxygen atoms in total. The molecule has 1 atom stereocenters. The van der Waals surface area contributed by atoms with Crippen LogP contribution in [-0.4, -0.2) is 25.7 Å². The van der Waals surface area contributed by atoms with E-state index in [0.717, 1.165) is 25.6 Å². The lowest BCUT2D eigenvalue weighted by Gasteiger charge is -2.11. The number of aryl methyl sites for hydroxylation is 1. The summed E-state index contributed by atoms with van der Waals surface area (Å²) >= 11 is 0. The van der Waals surface area contributed by atoms with E-state index in [1.165, 1.54) is 36.9 Å². The van der Waals surface area contributed by atoms with Crippen LogP contribution in [-0.2, 0) is 6.42 Å². The van der Waals surface area contributed by atoms with Crippen molar-refractivity contribution in [1.29, 1.82) is 0 Å². The van der Waals surface area contributed by atoms with Gasteiger partial charge in [0.05, 0.1) is 0 Å². The lowest BCUT2D eigenvalue weighted by molar-refractivity contribution is 0.525. The maximum absolute atomic E-state index is 3.55. The van der Waals surface area contributed by atoms with Crippen molar-refractivity contribution in [2.75, 3.05) is 19.6 Å². The lowest BCUT2D eigenvalue weighted by Crippen LogP contribution is -2.28. The van der Waals surface area contributed by atoms with Gasteiger partial charge in [0.1, 0.15) is 0 Å². The van der Waals surface area contributed by atoms with Crippen LogP contribution in [0.15, 0.2) is 24.3 Å². The predicted molar refractivity (Wildman–Crippen MR) is 73.4 cm³/mol. The van der Waals surface area contributed by atoms with Gasteiger partial charge in [0.25, 0.3) is 0 Å². The topological polar surface area (TPSA) is 24.1 Å². The van der Waals surface area contributed by atoms with E-state index >= 15 is 0 Å². The van der Waals surface area contributed by atoms with E-state index in [2.05, 4.69) is 41.8 Å². The molecule has 1 saturated heterocycles. The third-order valence-electron chi connectivity index (χ3n) is 3.66. The standard InChI is InChI=1S/C15H24N2/c1-13-5-2-3-6-14(13)8-11-16-12-9-15-7-4-10-17-15/h2-3,5-6,15-17H,4,7-12H2,1H3. The minimum atomic E-state index is 0.765. The van der Waals surface area contributed by atoms with Crippen LogP contribution in [0, 0.1) is 6.92 Å². The molecule has 1 aliphatic heterocycles. The highest BCUT2D eigenvalue weighted by atomic mass is 14.9. The predicted octanol–water partition coefficient (Wildman–Crippen LogP) is 2.27. The molecule has 94 valence electrons. The van der Waals surface area contributed by atoms with Gasteiger partial charge in [-0.25, -0.2) is 0 Å². The van der Waals surface area contributed by atoms with Crippen LogP contribution >= 0.6 is 0 Å². The Labute approximate surface area is 105 Å². The van der Waals surface area contributed by atoms with Gasteiger partial charge in [0, 0.05) is 6.04 Å². The zero-order valence-corrected chi connectivity index (χ0v) is 10.8. The van der Waals surface area contributed by atoms with E-state index in [-0.39, 0.29) is 0 Å². The third kappa shape index (κ3) is 4.14. The molecule has 0 aromatic heterocycles. The van der Waals surface area contributed by atoms with E-state index in [1.807, 2.05) is 0 Å². The maximum atomic E-state index is 3.55. The SMILES string of the molecule is Cc1ccccc1CCNCCC1CCCN1. The fourth-order valence-electron chi connectivity index (χ4n) is 2.52. The molecule has 0 aliphatic carbocycles. The first-order valence-electron chi connectivity index (χ1n) is 6.85. The Morgan fingerprint density at radius 3 is 2.94 bits per heavy atom. The van der Waals surface area contributed by atoms with Crippen molar-refractivity contribution in [3.05, 3.63) is 35.4 Å². The average Bonchev–Trinajstić information content (AvgIpc) is 2.84. The lowest BCUT2D eigenvalue weighted by atomic mass is 10.1. The largest absolute Gasteiger partial charge is 0.316 e. The smallest absolute Gasteiger partial charge is 0.00796 e. The summed E-state index contributed by atoms with van der Waals surface area (Å²) in [5.41, 5.74) is 2.88. The summed E-state index contributed by atoms with van der Waals surface area (Å²) in [4.78, 5) is 0. The summed E-state index contributed by atoms with van der Waals surface area (Å²) < 4.78 is 0. The van der Waals surface area contributed by atoms with Gasteiger partial charge in [-0.15, -0.1) is 0 Å². The number of benzene rings is 1. The molecular formula is C15H24N2. The third-order valence-corrected chi connectivity index (χ3v) is 3.66. The summed E-state index contributed by atoms with van der Waals surface area (Å²) in [6, 6.07) is 9.43. The zero-order valence-electron chi connectivity index (χ0n) is 10.8. The van der Waals surface area contributed by atoms with Crippen LogP contribution in [0.3, 0.4) is 0 Å². The molecule has 1 fully saturated rings. The Morgan fingerprint density at radius 1 is 1.29 bits per heavy atom. The second-order valence-corrected chi connectivity index (χ2v) is 5.01. The molecule has 0 saturated carbocycles. The van der Waals surface area contributed by atoms with Gasteiger partial charge < -0.3 is 10.6 Å². The Kier molecular flexibility index (Phi) is 5.02. The number of nitrogens with one attached hydrogen (secondary N) is 2. The summed E-state index contributed by atoms with van der Waals surface area (Å²) in [5, 5.41) is 7.08. The summed E-state index contributed by atoms with van der Waals surface area (Å²) in [5.74, 6) is 0. The first-order valence-corrected chi connectivity index (χ1v) is 6.85. The minimum absolute atomic E-state index is 0.765. The van der Waals surface area contributed by atoms with Crippen LogP contribution in [0.25, 0.3) is 0 Å². The molecule has 0 spiro atoms.